The smallest absolute Gasteiger partial charge is 0.295 e. The van der Waals surface area contributed by atoms with Crippen molar-refractivity contribution in [1.29, 1.82) is 0 Å². The van der Waals surface area contributed by atoms with Gasteiger partial charge in [-0.2, -0.15) is 0 Å². The average molecular weight is 459 g/mol. The zero-order valence-corrected chi connectivity index (χ0v) is 18.9. The average Bonchev–Trinajstić information content (AvgIpc) is 3.50. The highest BCUT2D eigenvalue weighted by Gasteiger charge is 2.24. The number of carbonyl (C=O) groups excluding carboxylic acids is 1. The number of aromatic nitrogens is 1. The van der Waals surface area contributed by atoms with Crippen molar-refractivity contribution in [3.05, 3.63) is 90.4 Å². The lowest BCUT2D eigenvalue weighted by Gasteiger charge is -2.18. The SMILES string of the molecule is COCCN(C(=O)c1ccc(COc2ccc3ccccc3c2)o1)c1nc2ccccc2s1. The van der Waals surface area contributed by atoms with Gasteiger partial charge in [0, 0.05) is 7.11 Å². The summed E-state index contributed by atoms with van der Waals surface area (Å²) >= 11 is 1.47. The molecule has 3 aromatic carbocycles. The maximum absolute atomic E-state index is 13.3. The van der Waals surface area contributed by atoms with Gasteiger partial charge in [-0.3, -0.25) is 9.69 Å². The van der Waals surface area contributed by atoms with Crippen molar-refractivity contribution in [2.24, 2.45) is 0 Å². The summed E-state index contributed by atoms with van der Waals surface area (Å²) in [5, 5.41) is 2.88. The number of nitrogens with zero attached hydrogens (tertiary/aromatic N) is 2. The molecule has 0 aliphatic heterocycles. The van der Waals surface area contributed by atoms with E-state index in [0.717, 1.165) is 26.7 Å². The van der Waals surface area contributed by atoms with E-state index < -0.39 is 0 Å². The summed E-state index contributed by atoms with van der Waals surface area (Å²) in [7, 11) is 1.61. The summed E-state index contributed by atoms with van der Waals surface area (Å²) in [6.45, 7) is 0.990. The molecule has 0 saturated carbocycles. The van der Waals surface area contributed by atoms with Gasteiger partial charge in [-0.25, -0.2) is 4.98 Å². The molecule has 0 aliphatic rings. The maximum Gasteiger partial charge on any atom is 0.295 e. The molecule has 0 bridgehead atoms. The second-order valence-corrected chi connectivity index (χ2v) is 8.49. The first kappa shape index (κ1) is 21.2. The quantitative estimate of drug-likeness (QED) is 0.289. The number of furan rings is 1. The van der Waals surface area contributed by atoms with Crippen LogP contribution in [0.1, 0.15) is 16.3 Å². The Morgan fingerprint density at radius 3 is 2.67 bits per heavy atom. The molecule has 33 heavy (non-hydrogen) atoms. The van der Waals surface area contributed by atoms with E-state index in [4.69, 9.17) is 13.9 Å². The monoisotopic (exact) mass is 458 g/mol. The van der Waals surface area contributed by atoms with Crippen molar-refractivity contribution in [2.45, 2.75) is 6.61 Å². The number of amides is 1. The number of carbonyl (C=O) groups is 1. The predicted octanol–water partition coefficient (Wildman–Crippen LogP) is 5.91. The van der Waals surface area contributed by atoms with Gasteiger partial charge in [0.1, 0.15) is 18.1 Å². The van der Waals surface area contributed by atoms with Crippen LogP contribution in [0.4, 0.5) is 5.13 Å². The molecule has 0 radical (unpaired) electrons. The van der Waals surface area contributed by atoms with Gasteiger partial charge >= 0.3 is 0 Å². The molecular formula is C26H22N2O4S. The number of anilines is 1. The largest absolute Gasteiger partial charge is 0.486 e. The number of fused-ring (bicyclic) bond motifs is 2. The van der Waals surface area contributed by atoms with Crippen LogP contribution in [0.15, 0.2) is 83.3 Å². The van der Waals surface area contributed by atoms with Crippen molar-refractivity contribution in [3.8, 4) is 5.75 Å². The van der Waals surface area contributed by atoms with Gasteiger partial charge < -0.3 is 13.9 Å². The van der Waals surface area contributed by atoms with Gasteiger partial charge in [-0.1, -0.05) is 53.8 Å². The Hall–Kier alpha value is -3.68. The minimum Gasteiger partial charge on any atom is -0.486 e. The summed E-state index contributed by atoms with van der Waals surface area (Å²) in [4.78, 5) is 19.5. The summed E-state index contributed by atoms with van der Waals surface area (Å²) in [6.07, 6.45) is 0. The van der Waals surface area contributed by atoms with Gasteiger partial charge in [-0.15, -0.1) is 0 Å². The van der Waals surface area contributed by atoms with Crippen LogP contribution in [0, 0.1) is 0 Å². The minimum absolute atomic E-state index is 0.227. The molecule has 0 aliphatic carbocycles. The molecule has 7 heteroatoms. The lowest BCUT2D eigenvalue weighted by atomic mass is 10.1. The molecule has 0 atom stereocenters. The van der Waals surface area contributed by atoms with Crippen molar-refractivity contribution < 1.29 is 18.7 Å². The van der Waals surface area contributed by atoms with E-state index >= 15 is 0 Å². The van der Waals surface area contributed by atoms with Gasteiger partial charge in [-0.05, 0) is 47.2 Å². The summed E-state index contributed by atoms with van der Waals surface area (Å²) < 4.78 is 18.0. The van der Waals surface area contributed by atoms with Crippen LogP contribution in [0.3, 0.4) is 0 Å². The van der Waals surface area contributed by atoms with E-state index in [0.29, 0.717) is 24.0 Å². The van der Waals surface area contributed by atoms with Crippen molar-refractivity contribution in [2.75, 3.05) is 25.2 Å². The maximum atomic E-state index is 13.3. The van der Waals surface area contributed by atoms with Crippen molar-refractivity contribution in [3.63, 3.8) is 0 Å². The molecule has 166 valence electrons. The second kappa shape index (κ2) is 9.44. The van der Waals surface area contributed by atoms with Crippen LogP contribution in [-0.4, -0.2) is 31.2 Å². The van der Waals surface area contributed by atoms with Crippen LogP contribution in [0.2, 0.25) is 0 Å². The highest BCUT2D eigenvalue weighted by atomic mass is 32.1. The molecule has 0 spiro atoms. The Bertz CT molecular complexity index is 1370. The molecule has 5 aromatic rings. The molecule has 0 saturated heterocycles. The standard InChI is InChI=1S/C26H22N2O4S/c1-30-15-14-28(26-27-22-8-4-5-9-24(22)33-26)25(29)23-13-12-21(32-23)17-31-20-11-10-18-6-2-3-7-19(18)16-20/h2-13,16H,14-15,17H2,1H3. The number of thiazole rings is 1. The van der Waals surface area contributed by atoms with E-state index in [-0.39, 0.29) is 18.3 Å². The minimum atomic E-state index is -0.261. The number of rotatable bonds is 8. The fourth-order valence-electron chi connectivity index (χ4n) is 3.56. The van der Waals surface area contributed by atoms with Crippen molar-refractivity contribution in [1.82, 2.24) is 4.98 Å². The van der Waals surface area contributed by atoms with Crippen LogP contribution in [0.25, 0.3) is 21.0 Å². The Labute approximate surface area is 195 Å². The Morgan fingerprint density at radius 2 is 1.82 bits per heavy atom. The van der Waals surface area contributed by atoms with Gasteiger partial charge in [0.2, 0.25) is 0 Å². The molecule has 0 N–H and O–H groups in total. The molecule has 2 aromatic heterocycles. The highest BCUT2D eigenvalue weighted by Crippen LogP contribution is 2.30. The lowest BCUT2D eigenvalue weighted by molar-refractivity contribution is 0.0945. The van der Waals surface area contributed by atoms with Crippen LogP contribution >= 0.6 is 11.3 Å². The first-order valence-corrected chi connectivity index (χ1v) is 11.4. The lowest BCUT2D eigenvalue weighted by Crippen LogP contribution is -2.33. The molecule has 2 heterocycles. The van der Waals surface area contributed by atoms with Crippen LogP contribution < -0.4 is 9.64 Å². The summed E-state index contributed by atoms with van der Waals surface area (Å²) in [5.41, 5.74) is 0.858. The first-order chi connectivity index (χ1) is 16.2. The normalized spacial score (nSPS) is 11.2. The third kappa shape index (κ3) is 4.60. The van der Waals surface area contributed by atoms with E-state index in [1.54, 1.807) is 24.1 Å². The van der Waals surface area contributed by atoms with E-state index in [9.17, 15) is 4.79 Å². The molecule has 1 amide bonds. The van der Waals surface area contributed by atoms with Crippen molar-refractivity contribution >= 4 is 43.4 Å². The number of hydrogen-bond donors (Lipinski definition) is 0. The van der Waals surface area contributed by atoms with E-state index in [1.807, 2.05) is 60.7 Å². The molecule has 0 unspecified atom stereocenters. The number of hydrogen-bond acceptors (Lipinski definition) is 6. The number of ether oxygens (including phenoxy) is 2. The first-order valence-electron chi connectivity index (χ1n) is 10.6. The van der Waals surface area contributed by atoms with Crippen LogP contribution in [-0.2, 0) is 11.3 Å². The van der Waals surface area contributed by atoms with E-state index in [1.165, 1.54) is 11.3 Å². The second-order valence-electron chi connectivity index (χ2n) is 7.48. The Balaban J connectivity index is 1.32. The zero-order chi connectivity index (χ0) is 22.6. The Kier molecular flexibility index (Phi) is 6.06. The number of methoxy groups -OCH3 is 1. The third-order valence-electron chi connectivity index (χ3n) is 5.25. The fraction of sp³-hybridized carbons (Fsp3) is 0.154. The topological polar surface area (TPSA) is 64.8 Å². The van der Waals surface area contributed by atoms with Gasteiger partial charge in [0.15, 0.2) is 10.9 Å². The molecule has 6 nitrogen and oxygen atoms in total. The van der Waals surface area contributed by atoms with E-state index in [2.05, 4.69) is 11.1 Å². The highest BCUT2D eigenvalue weighted by molar-refractivity contribution is 7.22. The molecule has 5 rings (SSSR count). The predicted molar refractivity (Wildman–Crippen MR) is 130 cm³/mol. The molecule has 0 fully saturated rings. The fourth-order valence-corrected chi connectivity index (χ4v) is 4.55. The number of para-hydroxylation sites is 1. The van der Waals surface area contributed by atoms with Gasteiger partial charge in [0.25, 0.3) is 5.91 Å². The summed E-state index contributed by atoms with van der Waals surface area (Å²) in [5.74, 6) is 1.29. The molecular weight excluding hydrogens is 436 g/mol. The van der Waals surface area contributed by atoms with Crippen LogP contribution in [0.5, 0.6) is 5.75 Å². The third-order valence-corrected chi connectivity index (χ3v) is 6.31. The summed E-state index contributed by atoms with van der Waals surface area (Å²) in [6, 6.07) is 25.3. The van der Waals surface area contributed by atoms with Gasteiger partial charge in [0.05, 0.1) is 23.4 Å². The Morgan fingerprint density at radius 1 is 1.00 bits per heavy atom. The zero-order valence-electron chi connectivity index (χ0n) is 18.1. The number of benzene rings is 3.